The van der Waals surface area contributed by atoms with Crippen molar-refractivity contribution in [3.05, 3.63) is 34.9 Å². The number of carboxylic acids is 1. The fourth-order valence-corrected chi connectivity index (χ4v) is 2.01. The molecule has 0 aliphatic heterocycles. The molecular formula is C12H12BrN3O2. The average molecular weight is 310 g/mol. The van der Waals surface area contributed by atoms with Crippen LogP contribution in [0.4, 0.5) is 5.69 Å². The van der Waals surface area contributed by atoms with Gasteiger partial charge in [-0.25, -0.2) is 4.79 Å². The third-order valence-electron chi connectivity index (χ3n) is 2.54. The van der Waals surface area contributed by atoms with Crippen LogP contribution in [0.2, 0.25) is 0 Å². The minimum Gasteiger partial charge on any atom is -0.480 e. The van der Waals surface area contributed by atoms with Gasteiger partial charge >= 0.3 is 5.97 Å². The Labute approximate surface area is 112 Å². The van der Waals surface area contributed by atoms with Crippen LogP contribution in [0.1, 0.15) is 0 Å². The van der Waals surface area contributed by atoms with Gasteiger partial charge in [0.1, 0.15) is 6.04 Å². The van der Waals surface area contributed by atoms with Gasteiger partial charge in [0.15, 0.2) is 0 Å². The van der Waals surface area contributed by atoms with Crippen LogP contribution in [0, 0.1) is 0 Å². The molecule has 1 unspecified atom stereocenters. The van der Waals surface area contributed by atoms with Gasteiger partial charge in [0, 0.05) is 22.6 Å². The second kappa shape index (κ2) is 5.32. The number of hydrogen-bond donors (Lipinski definition) is 3. The predicted molar refractivity (Wildman–Crippen MR) is 73.5 cm³/mol. The molecule has 1 aromatic heterocycles. The number of benzene rings is 1. The summed E-state index contributed by atoms with van der Waals surface area (Å²) in [5, 5.41) is 12.8. The van der Waals surface area contributed by atoms with Crippen LogP contribution in [0.15, 0.2) is 34.9 Å². The maximum Gasteiger partial charge on any atom is 0.327 e. The molecule has 0 radical (unpaired) electrons. The lowest BCUT2D eigenvalue weighted by Crippen LogP contribution is -2.36. The van der Waals surface area contributed by atoms with E-state index >= 15 is 0 Å². The molecular weight excluding hydrogens is 298 g/mol. The Bertz CT molecular complexity index is 589. The minimum absolute atomic E-state index is 0.0161. The number of carbonyl (C=O) groups is 1. The van der Waals surface area contributed by atoms with Crippen molar-refractivity contribution in [2.45, 2.75) is 6.04 Å². The smallest absolute Gasteiger partial charge is 0.327 e. The zero-order valence-electron chi connectivity index (χ0n) is 9.43. The van der Waals surface area contributed by atoms with Gasteiger partial charge in [-0.1, -0.05) is 12.1 Å². The second-order valence-corrected chi connectivity index (χ2v) is 4.72. The van der Waals surface area contributed by atoms with E-state index in [1.54, 1.807) is 12.3 Å². The Morgan fingerprint density at radius 3 is 3.00 bits per heavy atom. The van der Waals surface area contributed by atoms with E-state index in [2.05, 4.69) is 26.2 Å². The van der Waals surface area contributed by atoms with Crippen molar-refractivity contribution in [3.8, 4) is 0 Å². The number of fused-ring (bicyclic) bond motifs is 1. The van der Waals surface area contributed by atoms with Gasteiger partial charge in [0.25, 0.3) is 0 Å². The standard InChI is InChI=1S/C12H12BrN3O2/c13-8-4-7-2-1-3-9(11(7)15-6-8)16-10(5-14)12(17)18/h1-4,6,10,16H,5,14H2,(H,17,18). The number of halogens is 1. The Morgan fingerprint density at radius 1 is 1.56 bits per heavy atom. The Kier molecular flexibility index (Phi) is 3.78. The third kappa shape index (κ3) is 2.60. The van der Waals surface area contributed by atoms with E-state index in [1.807, 2.05) is 18.2 Å². The molecule has 0 amide bonds. The number of nitrogens with one attached hydrogen (secondary N) is 1. The van der Waals surface area contributed by atoms with Crippen molar-refractivity contribution < 1.29 is 9.90 Å². The summed E-state index contributed by atoms with van der Waals surface area (Å²) in [6.07, 6.45) is 1.67. The van der Waals surface area contributed by atoms with Gasteiger partial charge in [-0.3, -0.25) is 4.98 Å². The highest BCUT2D eigenvalue weighted by molar-refractivity contribution is 9.10. The number of para-hydroxylation sites is 1. The number of anilines is 1. The molecule has 0 fully saturated rings. The number of rotatable bonds is 4. The minimum atomic E-state index is -0.980. The molecule has 0 spiro atoms. The average Bonchev–Trinajstić information content (AvgIpc) is 2.35. The van der Waals surface area contributed by atoms with Crippen LogP contribution < -0.4 is 11.1 Å². The summed E-state index contributed by atoms with van der Waals surface area (Å²) in [5.41, 5.74) is 6.81. The maximum atomic E-state index is 11.0. The monoisotopic (exact) mass is 309 g/mol. The number of nitrogens with two attached hydrogens (primary N) is 1. The highest BCUT2D eigenvalue weighted by atomic mass is 79.9. The highest BCUT2D eigenvalue weighted by Crippen LogP contribution is 2.24. The number of pyridine rings is 1. The number of aliphatic carboxylic acids is 1. The fourth-order valence-electron chi connectivity index (χ4n) is 1.66. The molecule has 0 aliphatic rings. The first kappa shape index (κ1) is 12.8. The molecule has 0 bridgehead atoms. The molecule has 5 nitrogen and oxygen atoms in total. The van der Waals surface area contributed by atoms with E-state index in [-0.39, 0.29) is 6.54 Å². The van der Waals surface area contributed by atoms with Gasteiger partial charge in [-0.15, -0.1) is 0 Å². The van der Waals surface area contributed by atoms with Gasteiger partial charge in [-0.05, 0) is 28.1 Å². The van der Waals surface area contributed by atoms with Gasteiger partial charge in [-0.2, -0.15) is 0 Å². The summed E-state index contributed by atoms with van der Waals surface area (Å²) in [6, 6.07) is 6.65. The van der Waals surface area contributed by atoms with Gasteiger partial charge < -0.3 is 16.2 Å². The molecule has 94 valence electrons. The molecule has 1 atom stereocenters. The SMILES string of the molecule is NCC(Nc1cccc2cc(Br)cnc12)C(=O)O. The first-order chi connectivity index (χ1) is 8.61. The lowest BCUT2D eigenvalue weighted by atomic mass is 10.1. The summed E-state index contributed by atoms with van der Waals surface area (Å²) in [5.74, 6) is -0.980. The Balaban J connectivity index is 2.42. The fraction of sp³-hybridized carbons (Fsp3) is 0.167. The maximum absolute atomic E-state index is 11.0. The normalized spacial score (nSPS) is 12.3. The molecule has 6 heteroatoms. The van der Waals surface area contributed by atoms with Crippen molar-refractivity contribution in [2.75, 3.05) is 11.9 Å². The zero-order chi connectivity index (χ0) is 13.1. The van der Waals surface area contributed by atoms with Crippen LogP contribution in [-0.2, 0) is 4.79 Å². The van der Waals surface area contributed by atoms with E-state index in [1.165, 1.54) is 0 Å². The van der Waals surface area contributed by atoms with E-state index in [0.29, 0.717) is 5.69 Å². The van der Waals surface area contributed by atoms with E-state index in [4.69, 9.17) is 10.8 Å². The van der Waals surface area contributed by atoms with E-state index in [0.717, 1.165) is 15.4 Å². The molecule has 1 aromatic carbocycles. The Hall–Kier alpha value is -1.66. The summed E-state index contributed by atoms with van der Waals surface area (Å²) in [4.78, 5) is 15.2. The van der Waals surface area contributed by atoms with Crippen LogP contribution in [0.5, 0.6) is 0 Å². The molecule has 2 rings (SSSR count). The van der Waals surface area contributed by atoms with Crippen molar-refractivity contribution in [3.63, 3.8) is 0 Å². The summed E-state index contributed by atoms with van der Waals surface area (Å²) in [6.45, 7) is 0.0161. The predicted octanol–water partition coefficient (Wildman–Crippen LogP) is 1.82. The first-order valence-electron chi connectivity index (χ1n) is 5.35. The summed E-state index contributed by atoms with van der Waals surface area (Å²) < 4.78 is 0.876. The lowest BCUT2D eigenvalue weighted by Gasteiger charge is -2.14. The molecule has 0 saturated heterocycles. The Morgan fingerprint density at radius 2 is 2.33 bits per heavy atom. The first-order valence-corrected chi connectivity index (χ1v) is 6.15. The summed E-state index contributed by atoms with van der Waals surface area (Å²) in [7, 11) is 0. The molecule has 18 heavy (non-hydrogen) atoms. The second-order valence-electron chi connectivity index (χ2n) is 3.80. The van der Waals surface area contributed by atoms with Crippen LogP contribution >= 0.6 is 15.9 Å². The lowest BCUT2D eigenvalue weighted by molar-refractivity contribution is -0.137. The van der Waals surface area contributed by atoms with Crippen molar-refractivity contribution in [1.29, 1.82) is 0 Å². The van der Waals surface area contributed by atoms with Crippen molar-refractivity contribution in [2.24, 2.45) is 5.73 Å². The number of nitrogens with zero attached hydrogens (tertiary/aromatic N) is 1. The number of aromatic nitrogens is 1. The third-order valence-corrected chi connectivity index (χ3v) is 2.97. The van der Waals surface area contributed by atoms with Gasteiger partial charge in [0.2, 0.25) is 0 Å². The van der Waals surface area contributed by atoms with Crippen molar-refractivity contribution in [1.82, 2.24) is 4.98 Å². The highest BCUT2D eigenvalue weighted by Gasteiger charge is 2.16. The molecule has 4 N–H and O–H groups in total. The largest absolute Gasteiger partial charge is 0.480 e. The topological polar surface area (TPSA) is 88.2 Å². The molecule has 1 heterocycles. The van der Waals surface area contributed by atoms with Crippen LogP contribution in [-0.4, -0.2) is 28.6 Å². The number of hydrogen-bond acceptors (Lipinski definition) is 4. The van der Waals surface area contributed by atoms with Crippen LogP contribution in [0.25, 0.3) is 10.9 Å². The number of carboxylic acid groups (broad SMARTS) is 1. The molecule has 2 aromatic rings. The quantitative estimate of drug-likeness (QED) is 0.802. The summed E-state index contributed by atoms with van der Waals surface area (Å²) >= 11 is 3.35. The van der Waals surface area contributed by atoms with Gasteiger partial charge in [0.05, 0.1) is 11.2 Å². The molecule has 0 aliphatic carbocycles. The van der Waals surface area contributed by atoms with E-state index < -0.39 is 12.0 Å². The van der Waals surface area contributed by atoms with E-state index in [9.17, 15) is 4.79 Å². The zero-order valence-corrected chi connectivity index (χ0v) is 11.0. The van der Waals surface area contributed by atoms with Crippen LogP contribution in [0.3, 0.4) is 0 Å². The van der Waals surface area contributed by atoms with Crippen molar-refractivity contribution >= 4 is 38.5 Å². The molecule has 0 saturated carbocycles.